The van der Waals surface area contributed by atoms with E-state index in [2.05, 4.69) is 15.6 Å². The minimum atomic E-state index is -0.665. The molecule has 2 N–H and O–H groups in total. The molecule has 2 aromatic carbocycles. The highest BCUT2D eigenvalue weighted by atomic mass is 32.1. The molecule has 5 rings (SSSR count). The van der Waals surface area contributed by atoms with E-state index in [1.165, 1.54) is 16.2 Å². The van der Waals surface area contributed by atoms with Crippen molar-refractivity contribution in [2.45, 2.75) is 31.8 Å². The molecule has 1 fully saturated rings. The van der Waals surface area contributed by atoms with Crippen LogP contribution in [0.3, 0.4) is 0 Å². The Balaban J connectivity index is 1.21. The summed E-state index contributed by atoms with van der Waals surface area (Å²) in [5.41, 5.74) is 1.94. The number of carbonyl (C=O) groups is 4. The van der Waals surface area contributed by atoms with Gasteiger partial charge in [0.05, 0.1) is 12.6 Å². The third-order valence-electron chi connectivity index (χ3n) is 5.65. The second-order valence-corrected chi connectivity index (χ2v) is 9.01. The fraction of sp³-hybridized carbons (Fsp3) is 0.208. The van der Waals surface area contributed by atoms with Gasteiger partial charge >= 0.3 is 0 Å². The highest BCUT2D eigenvalue weighted by molar-refractivity contribution is 7.17. The number of piperidine rings is 1. The number of nitrogens with zero attached hydrogens (tertiary/aromatic N) is 2. The quantitative estimate of drug-likeness (QED) is 0.529. The average molecular weight is 477 g/mol. The van der Waals surface area contributed by atoms with Gasteiger partial charge in [0.2, 0.25) is 22.8 Å². The monoisotopic (exact) mass is 476 g/mol. The first kappa shape index (κ1) is 21.8. The molecule has 4 amide bonds. The van der Waals surface area contributed by atoms with Crippen LogP contribution in [0, 0.1) is 0 Å². The summed E-state index contributed by atoms with van der Waals surface area (Å²) >= 11 is 1.22. The molecule has 172 valence electrons. The Kier molecular flexibility index (Phi) is 5.81. The molecule has 0 spiro atoms. The van der Waals surface area contributed by atoms with Crippen LogP contribution in [-0.4, -0.2) is 39.6 Å². The molecule has 1 atom stereocenters. The van der Waals surface area contributed by atoms with E-state index in [4.69, 9.17) is 4.74 Å². The van der Waals surface area contributed by atoms with E-state index in [1.54, 1.807) is 24.4 Å². The number of nitrogens with one attached hydrogen (secondary N) is 2. The smallest absolute Gasteiger partial charge is 0.255 e. The molecule has 1 saturated heterocycles. The van der Waals surface area contributed by atoms with Gasteiger partial charge < -0.3 is 15.0 Å². The third-order valence-corrected chi connectivity index (χ3v) is 6.44. The van der Waals surface area contributed by atoms with E-state index in [-0.39, 0.29) is 30.6 Å². The minimum absolute atomic E-state index is 0.0629. The number of hydrogen-bond acceptors (Lipinski definition) is 7. The fourth-order valence-corrected chi connectivity index (χ4v) is 4.73. The number of aromatic nitrogens is 1. The number of fused-ring (bicyclic) bond motifs is 1. The summed E-state index contributed by atoms with van der Waals surface area (Å²) in [6.07, 6.45) is 2.12. The van der Waals surface area contributed by atoms with Crippen LogP contribution < -0.4 is 15.4 Å². The van der Waals surface area contributed by atoms with Crippen LogP contribution in [0.5, 0.6) is 10.8 Å². The summed E-state index contributed by atoms with van der Waals surface area (Å²) in [7, 11) is 0. The molecular formula is C24H20N4O5S. The van der Waals surface area contributed by atoms with Crippen molar-refractivity contribution in [3.05, 3.63) is 71.4 Å². The molecule has 2 aliphatic heterocycles. The standard InChI is InChI=1S/C24H20N4O5S/c29-19-9-8-18(22(31)26-19)28-13-15-7-6-14(10-17(15)23(28)32)11-20(30)27-24-25-12-21(34-24)33-16-4-2-1-3-5-16/h1-7,10,12,18H,8-9,11,13H2,(H,25,27,30)(H,26,29,31). The molecule has 1 unspecified atom stereocenters. The molecule has 3 aromatic rings. The van der Waals surface area contributed by atoms with Crippen molar-refractivity contribution >= 4 is 40.1 Å². The van der Waals surface area contributed by atoms with E-state index < -0.39 is 11.9 Å². The van der Waals surface area contributed by atoms with Crippen LogP contribution >= 0.6 is 11.3 Å². The molecule has 2 aliphatic rings. The van der Waals surface area contributed by atoms with Gasteiger partial charge in [-0.25, -0.2) is 4.98 Å². The van der Waals surface area contributed by atoms with Gasteiger partial charge in [0.15, 0.2) is 5.13 Å². The van der Waals surface area contributed by atoms with Crippen LogP contribution in [0.2, 0.25) is 0 Å². The minimum Gasteiger partial charge on any atom is -0.445 e. The predicted molar refractivity (Wildman–Crippen MR) is 123 cm³/mol. The van der Waals surface area contributed by atoms with Gasteiger partial charge in [-0.3, -0.25) is 24.5 Å². The van der Waals surface area contributed by atoms with Crippen LogP contribution in [0.1, 0.15) is 34.3 Å². The molecule has 0 aliphatic carbocycles. The highest BCUT2D eigenvalue weighted by Crippen LogP contribution is 2.31. The third kappa shape index (κ3) is 4.53. The number of benzene rings is 2. The molecule has 34 heavy (non-hydrogen) atoms. The van der Waals surface area contributed by atoms with E-state index in [1.807, 2.05) is 30.3 Å². The van der Waals surface area contributed by atoms with Gasteiger partial charge in [-0.05, 0) is 35.7 Å². The maximum atomic E-state index is 12.9. The van der Waals surface area contributed by atoms with Gasteiger partial charge in [-0.15, -0.1) is 0 Å². The second kappa shape index (κ2) is 9.06. The summed E-state index contributed by atoms with van der Waals surface area (Å²) in [4.78, 5) is 54.8. The Labute approximate surface area is 198 Å². The van der Waals surface area contributed by atoms with Gasteiger partial charge in [0.25, 0.3) is 5.91 Å². The van der Waals surface area contributed by atoms with E-state index >= 15 is 0 Å². The number of ether oxygens (including phenoxy) is 1. The van der Waals surface area contributed by atoms with Gasteiger partial charge in [0, 0.05) is 18.5 Å². The molecule has 0 radical (unpaired) electrons. The molecular weight excluding hydrogens is 456 g/mol. The summed E-state index contributed by atoms with van der Waals surface area (Å²) < 4.78 is 5.71. The average Bonchev–Trinajstić information content (AvgIpc) is 3.38. The maximum Gasteiger partial charge on any atom is 0.255 e. The Bertz CT molecular complexity index is 1290. The number of para-hydroxylation sites is 1. The first-order chi connectivity index (χ1) is 16.5. The number of thiazole rings is 1. The molecule has 0 saturated carbocycles. The van der Waals surface area contributed by atoms with Crippen LogP contribution in [0.4, 0.5) is 5.13 Å². The van der Waals surface area contributed by atoms with E-state index in [9.17, 15) is 19.2 Å². The van der Waals surface area contributed by atoms with Gasteiger partial charge in [-0.1, -0.05) is 41.7 Å². The summed E-state index contributed by atoms with van der Waals surface area (Å²) in [5.74, 6) is -0.630. The second-order valence-electron chi connectivity index (χ2n) is 8.02. The van der Waals surface area contributed by atoms with Crippen LogP contribution in [0.15, 0.2) is 54.7 Å². The van der Waals surface area contributed by atoms with Gasteiger partial charge in [-0.2, -0.15) is 0 Å². The van der Waals surface area contributed by atoms with E-state index in [0.717, 1.165) is 5.56 Å². The highest BCUT2D eigenvalue weighted by Gasteiger charge is 2.39. The largest absolute Gasteiger partial charge is 0.445 e. The lowest BCUT2D eigenvalue weighted by atomic mass is 10.0. The Hall–Kier alpha value is -4.05. The van der Waals surface area contributed by atoms with Crippen LogP contribution in [-0.2, 0) is 27.3 Å². The number of carbonyl (C=O) groups excluding carboxylic acids is 4. The summed E-state index contributed by atoms with van der Waals surface area (Å²) in [5, 5.41) is 6.01. The molecule has 10 heteroatoms. The maximum absolute atomic E-state index is 12.9. The predicted octanol–water partition coefficient (Wildman–Crippen LogP) is 2.88. The molecule has 1 aromatic heterocycles. The number of hydrogen-bond donors (Lipinski definition) is 2. The van der Waals surface area contributed by atoms with Crippen molar-refractivity contribution in [3.63, 3.8) is 0 Å². The summed E-state index contributed by atoms with van der Waals surface area (Å²) in [6.45, 7) is 0.302. The summed E-state index contributed by atoms with van der Waals surface area (Å²) in [6, 6.07) is 13.9. The van der Waals surface area contributed by atoms with Crippen molar-refractivity contribution in [2.75, 3.05) is 5.32 Å². The molecule has 0 bridgehead atoms. The van der Waals surface area contributed by atoms with Crippen molar-refractivity contribution in [3.8, 4) is 10.8 Å². The Morgan fingerprint density at radius 2 is 2.00 bits per heavy atom. The number of anilines is 1. The topological polar surface area (TPSA) is 118 Å². The number of rotatable bonds is 6. The van der Waals surface area contributed by atoms with Crippen molar-refractivity contribution in [1.82, 2.24) is 15.2 Å². The fourth-order valence-electron chi connectivity index (χ4n) is 4.03. The lowest BCUT2D eigenvalue weighted by molar-refractivity contribution is -0.137. The number of imide groups is 1. The molecule has 9 nitrogen and oxygen atoms in total. The van der Waals surface area contributed by atoms with Crippen molar-refractivity contribution < 1.29 is 23.9 Å². The normalized spacial score (nSPS) is 17.4. The van der Waals surface area contributed by atoms with Crippen LogP contribution in [0.25, 0.3) is 0 Å². The zero-order valence-corrected chi connectivity index (χ0v) is 18.8. The lowest BCUT2D eigenvalue weighted by Crippen LogP contribution is -2.52. The van der Waals surface area contributed by atoms with E-state index in [0.29, 0.717) is 40.0 Å². The first-order valence-corrected chi connectivity index (χ1v) is 11.5. The lowest BCUT2D eigenvalue weighted by Gasteiger charge is -2.29. The zero-order chi connectivity index (χ0) is 23.7. The molecule has 3 heterocycles. The first-order valence-electron chi connectivity index (χ1n) is 10.7. The van der Waals surface area contributed by atoms with Crippen molar-refractivity contribution in [2.24, 2.45) is 0 Å². The SMILES string of the molecule is O=C1CCC(N2Cc3ccc(CC(=O)Nc4ncc(Oc5ccccc5)s4)cc3C2=O)C(=O)N1. The van der Waals surface area contributed by atoms with Crippen molar-refractivity contribution in [1.29, 1.82) is 0 Å². The Morgan fingerprint density at radius 1 is 1.18 bits per heavy atom. The van der Waals surface area contributed by atoms with Gasteiger partial charge in [0.1, 0.15) is 11.8 Å². The zero-order valence-electron chi connectivity index (χ0n) is 17.9. The Morgan fingerprint density at radius 3 is 2.79 bits per heavy atom. The number of amides is 4.